The van der Waals surface area contributed by atoms with Gasteiger partial charge in [-0.25, -0.2) is 9.68 Å². The van der Waals surface area contributed by atoms with Crippen LogP contribution in [0, 0.1) is 0 Å². The topological polar surface area (TPSA) is 107 Å². The van der Waals surface area contributed by atoms with Crippen molar-refractivity contribution < 1.29 is 30.3 Å². The van der Waals surface area contributed by atoms with Gasteiger partial charge in [-0.1, -0.05) is 0 Å². The Balaban J connectivity index is 4.46. The molecule has 0 rings (SSSR count). The Morgan fingerprint density at radius 2 is 2.17 bits per heavy atom. The zero-order chi connectivity index (χ0) is 9.78. The minimum atomic E-state index is -2.12. The smallest absolute Gasteiger partial charge is 0.341 e. The van der Waals surface area contributed by atoms with E-state index in [1.54, 1.807) is 0 Å². The Hall–Kier alpha value is -0.690. The number of carboxylic acids is 1. The van der Waals surface area contributed by atoms with Crippen LogP contribution < -0.4 is 0 Å². The summed E-state index contributed by atoms with van der Waals surface area (Å²) in [5.74, 6) is -1.52. The molecule has 0 aromatic rings. The summed E-state index contributed by atoms with van der Waals surface area (Å²) in [4.78, 5) is 14.1. The largest absolute Gasteiger partial charge is 0.479 e. The molecule has 0 bridgehead atoms. The first-order valence-corrected chi connectivity index (χ1v) is 3.33. The summed E-state index contributed by atoms with van der Waals surface area (Å²) in [7, 11) is 0. The summed E-state index contributed by atoms with van der Waals surface area (Å²) >= 11 is 0. The lowest BCUT2D eigenvalue weighted by atomic mass is 9.98. The van der Waals surface area contributed by atoms with E-state index in [4.69, 9.17) is 20.6 Å². The highest BCUT2D eigenvalue weighted by Crippen LogP contribution is 2.17. The summed E-state index contributed by atoms with van der Waals surface area (Å²) in [5.41, 5.74) is -2.12. The van der Waals surface area contributed by atoms with Crippen LogP contribution in [0.1, 0.15) is 13.3 Å². The van der Waals surface area contributed by atoms with Crippen molar-refractivity contribution >= 4 is 5.97 Å². The number of carboxylic acid groups (broad SMARTS) is 1. The van der Waals surface area contributed by atoms with Crippen molar-refractivity contribution in [1.82, 2.24) is 0 Å². The van der Waals surface area contributed by atoms with E-state index in [9.17, 15) is 4.79 Å². The van der Waals surface area contributed by atoms with E-state index in [1.807, 2.05) is 0 Å². The van der Waals surface area contributed by atoms with E-state index >= 15 is 0 Å². The van der Waals surface area contributed by atoms with E-state index in [1.165, 1.54) is 6.92 Å². The molecule has 0 fully saturated rings. The van der Waals surface area contributed by atoms with E-state index in [-0.39, 0.29) is 6.42 Å². The Kier molecular flexibility index (Phi) is 4.11. The number of aliphatic hydroxyl groups excluding tert-OH is 2. The van der Waals surface area contributed by atoms with Gasteiger partial charge in [-0.15, -0.1) is 0 Å². The van der Waals surface area contributed by atoms with Crippen molar-refractivity contribution in [3.05, 3.63) is 0 Å². The number of hydrogen-bond donors (Lipinski definition) is 4. The van der Waals surface area contributed by atoms with Crippen molar-refractivity contribution in [1.29, 1.82) is 0 Å². The Morgan fingerprint density at radius 3 is 2.25 bits per heavy atom. The number of carbonyl (C=O) groups is 1. The summed E-state index contributed by atoms with van der Waals surface area (Å²) in [5, 5.41) is 34.2. The Bertz CT molecular complexity index is 150. The lowest BCUT2D eigenvalue weighted by molar-refractivity contribution is -0.328. The molecule has 2 unspecified atom stereocenters. The second-order valence-corrected chi connectivity index (χ2v) is 2.60. The number of aliphatic carboxylic acids is 1. The highest BCUT2D eigenvalue weighted by atomic mass is 17.1. The van der Waals surface area contributed by atoms with E-state index in [2.05, 4.69) is 4.89 Å². The molecule has 0 spiro atoms. The van der Waals surface area contributed by atoms with E-state index in [0.717, 1.165) is 0 Å². The third kappa shape index (κ3) is 2.42. The molecule has 2 atom stereocenters. The quantitative estimate of drug-likeness (QED) is 0.321. The van der Waals surface area contributed by atoms with Crippen LogP contribution in [0.5, 0.6) is 0 Å². The van der Waals surface area contributed by atoms with E-state index < -0.39 is 24.3 Å². The summed E-state index contributed by atoms with van der Waals surface area (Å²) in [6.45, 7) is 0.427. The van der Waals surface area contributed by atoms with Gasteiger partial charge in [0.25, 0.3) is 0 Å². The minimum Gasteiger partial charge on any atom is -0.479 e. The van der Waals surface area contributed by atoms with Crippen LogP contribution in [0.4, 0.5) is 0 Å². The van der Waals surface area contributed by atoms with Gasteiger partial charge in [0.2, 0.25) is 5.60 Å². The standard InChI is InChI=1S/C6H12O6/c1-4(8)2-6(3-7,12-11)5(9)10/h4,7-8,11H,2-3H2,1H3,(H,9,10). The van der Waals surface area contributed by atoms with Crippen LogP contribution in [0.15, 0.2) is 0 Å². The van der Waals surface area contributed by atoms with Gasteiger partial charge in [0.1, 0.15) is 0 Å². The number of hydrogen-bond acceptors (Lipinski definition) is 5. The van der Waals surface area contributed by atoms with Gasteiger partial charge < -0.3 is 15.3 Å². The molecule has 0 amide bonds. The average molecular weight is 180 g/mol. The van der Waals surface area contributed by atoms with Gasteiger partial charge in [0, 0.05) is 6.42 Å². The van der Waals surface area contributed by atoms with Gasteiger partial charge in [-0.3, -0.25) is 5.26 Å². The molecule has 0 aliphatic heterocycles. The van der Waals surface area contributed by atoms with Crippen molar-refractivity contribution in [3.63, 3.8) is 0 Å². The molecule has 0 radical (unpaired) electrons. The first kappa shape index (κ1) is 11.3. The number of rotatable bonds is 5. The molecule has 6 nitrogen and oxygen atoms in total. The molecule has 0 aliphatic rings. The molecule has 0 aromatic carbocycles. The maximum Gasteiger partial charge on any atom is 0.341 e. The van der Waals surface area contributed by atoms with Crippen molar-refractivity contribution in [3.8, 4) is 0 Å². The fraction of sp³-hybridized carbons (Fsp3) is 0.833. The molecule has 72 valence electrons. The second kappa shape index (κ2) is 4.36. The predicted molar refractivity (Wildman–Crippen MR) is 37.5 cm³/mol. The normalized spacial score (nSPS) is 18.3. The van der Waals surface area contributed by atoms with E-state index in [0.29, 0.717) is 0 Å². The molecule has 0 saturated heterocycles. The molecule has 0 heterocycles. The second-order valence-electron chi connectivity index (χ2n) is 2.60. The number of aliphatic hydroxyl groups is 2. The molecule has 0 saturated carbocycles. The molecule has 6 heteroatoms. The zero-order valence-electron chi connectivity index (χ0n) is 6.60. The molecule has 4 N–H and O–H groups in total. The third-order valence-corrected chi connectivity index (χ3v) is 1.45. The van der Waals surface area contributed by atoms with Crippen LogP contribution in [0.25, 0.3) is 0 Å². The summed E-state index contributed by atoms with van der Waals surface area (Å²) in [6, 6.07) is 0. The van der Waals surface area contributed by atoms with Crippen LogP contribution in [-0.4, -0.2) is 44.9 Å². The predicted octanol–water partition coefficient (Wildman–Crippen LogP) is -0.937. The zero-order valence-corrected chi connectivity index (χ0v) is 6.60. The van der Waals surface area contributed by atoms with Gasteiger partial charge in [0.05, 0.1) is 12.7 Å². The van der Waals surface area contributed by atoms with Crippen molar-refractivity contribution in [2.24, 2.45) is 0 Å². The lowest BCUT2D eigenvalue weighted by Crippen LogP contribution is -2.46. The van der Waals surface area contributed by atoms with Gasteiger partial charge in [-0.2, -0.15) is 0 Å². The Labute approximate surface area is 68.9 Å². The first-order chi connectivity index (χ1) is 5.48. The molecule has 0 aromatic heterocycles. The molecular formula is C6H12O6. The summed E-state index contributed by atoms with van der Waals surface area (Å²) in [6.07, 6.45) is -1.37. The molecular weight excluding hydrogens is 168 g/mol. The average Bonchev–Trinajstić information content (AvgIpc) is 1.99. The van der Waals surface area contributed by atoms with Crippen LogP contribution >= 0.6 is 0 Å². The fourth-order valence-electron chi connectivity index (χ4n) is 0.802. The van der Waals surface area contributed by atoms with Gasteiger partial charge >= 0.3 is 5.97 Å². The van der Waals surface area contributed by atoms with Crippen molar-refractivity contribution in [2.45, 2.75) is 25.0 Å². The summed E-state index contributed by atoms with van der Waals surface area (Å²) < 4.78 is 0. The van der Waals surface area contributed by atoms with Crippen LogP contribution in [0.3, 0.4) is 0 Å². The Morgan fingerprint density at radius 1 is 1.67 bits per heavy atom. The molecule has 12 heavy (non-hydrogen) atoms. The highest BCUT2D eigenvalue weighted by Gasteiger charge is 2.41. The van der Waals surface area contributed by atoms with Gasteiger partial charge in [0.15, 0.2) is 0 Å². The lowest BCUT2D eigenvalue weighted by Gasteiger charge is -2.24. The third-order valence-electron chi connectivity index (χ3n) is 1.45. The van der Waals surface area contributed by atoms with Crippen LogP contribution in [0.2, 0.25) is 0 Å². The van der Waals surface area contributed by atoms with Crippen molar-refractivity contribution in [2.75, 3.05) is 6.61 Å². The first-order valence-electron chi connectivity index (χ1n) is 3.33. The minimum absolute atomic E-state index is 0.380. The monoisotopic (exact) mass is 180 g/mol. The highest BCUT2D eigenvalue weighted by molar-refractivity contribution is 5.77. The van der Waals surface area contributed by atoms with Crippen LogP contribution in [-0.2, 0) is 9.68 Å². The SMILES string of the molecule is CC(O)CC(CO)(OO)C(=O)O. The van der Waals surface area contributed by atoms with Gasteiger partial charge in [-0.05, 0) is 6.92 Å². The maximum atomic E-state index is 10.5. The maximum absolute atomic E-state index is 10.5. The molecule has 0 aliphatic carbocycles. The fourth-order valence-corrected chi connectivity index (χ4v) is 0.802.